The van der Waals surface area contributed by atoms with Crippen molar-refractivity contribution in [3.8, 4) is 0 Å². The van der Waals surface area contributed by atoms with Crippen LogP contribution in [0.5, 0.6) is 0 Å². The van der Waals surface area contributed by atoms with Gasteiger partial charge in [-0.2, -0.15) is 0 Å². The lowest BCUT2D eigenvalue weighted by molar-refractivity contribution is -0.144. The van der Waals surface area contributed by atoms with Crippen LogP contribution in [-0.4, -0.2) is 42.3 Å². The maximum Gasteiger partial charge on any atom is 0.289 e. The first kappa shape index (κ1) is 13.1. The number of nitrogens with zero attached hydrogens (tertiary/aromatic N) is 1. The third kappa shape index (κ3) is 2.07. The van der Waals surface area contributed by atoms with E-state index in [4.69, 9.17) is 4.42 Å². The maximum atomic E-state index is 13.9. The van der Waals surface area contributed by atoms with E-state index in [1.54, 1.807) is 0 Å². The number of carbonyl (C=O) groups is 2. The number of hydrogen-bond donors (Lipinski definition) is 1. The average molecular weight is 284 g/mol. The Hall–Kier alpha value is -1.92. The zero-order valence-electron chi connectivity index (χ0n) is 10.7. The molecule has 1 unspecified atom stereocenters. The molecule has 1 spiro atoms. The molecule has 2 fully saturated rings. The van der Waals surface area contributed by atoms with Gasteiger partial charge in [0.1, 0.15) is 0 Å². The van der Waals surface area contributed by atoms with Crippen LogP contribution < -0.4 is 5.32 Å². The topological polar surface area (TPSA) is 62.6 Å². The fourth-order valence-electron chi connectivity index (χ4n) is 3.04. The molecule has 1 atom stereocenters. The van der Waals surface area contributed by atoms with E-state index in [0.29, 0.717) is 13.0 Å². The Balaban J connectivity index is 1.89. The molecular weight excluding hydrogens is 270 g/mol. The molecule has 3 heterocycles. The second-order valence-corrected chi connectivity index (χ2v) is 5.46. The molecule has 2 aliphatic heterocycles. The van der Waals surface area contributed by atoms with Gasteiger partial charge < -0.3 is 14.6 Å². The highest BCUT2D eigenvalue weighted by Crippen LogP contribution is 2.43. The van der Waals surface area contributed by atoms with E-state index in [-0.39, 0.29) is 12.3 Å². The van der Waals surface area contributed by atoms with E-state index in [2.05, 4.69) is 5.32 Å². The van der Waals surface area contributed by atoms with Crippen molar-refractivity contribution in [1.29, 1.82) is 0 Å². The molecule has 1 aromatic rings. The van der Waals surface area contributed by atoms with Crippen LogP contribution >= 0.6 is 0 Å². The van der Waals surface area contributed by atoms with Gasteiger partial charge in [-0.25, -0.2) is 8.78 Å². The van der Waals surface area contributed by atoms with Crippen molar-refractivity contribution in [2.45, 2.75) is 18.8 Å². The van der Waals surface area contributed by atoms with Crippen LogP contribution in [0.3, 0.4) is 0 Å². The zero-order valence-corrected chi connectivity index (χ0v) is 10.7. The summed E-state index contributed by atoms with van der Waals surface area (Å²) >= 11 is 0. The lowest BCUT2D eigenvalue weighted by atomic mass is 9.77. The summed E-state index contributed by atoms with van der Waals surface area (Å²) in [5.41, 5.74) is -1.18. The number of likely N-dealkylation sites (tertiary alicyclic amines) is 1. The van der Waals surface area contributed by atoms with Crippen molar-refractivity contribution in [3.63, 3.8) is 0 Å². The normalized spacial score (nSPS) is 28.7. The average Bonchev–Trinajstić information content (AvgIpc) is 2.98. The summed E-state index contributed by atoms with van der Waals surface area (Å²) in [5.74, 6) is -4.05. The van der Waals surface area contributed by atoms with Gasteiger partial charge in [0.15, 0.2) is 5.76 Å². The summed E-state index contributed by atoms with van der Waals surface area (Å²) in [4.78, 5) is 25.1. The van der Waals surface area contributed by atoms with Crippen molar-refractivity contribution < 1.29 is 22.8 Å². The van der Waals surface area contributed by atoms with Gasteiger partial charge in [-0.1, -0.05) is 0 Å². The third-order valence-corrected chi connectivity index (χ3v) is 3.90. The standard InChI is InChI=1S/C13H14F2N2O3/c14-13(15)6-12(3-4-16-11(12)19)7-17(8-13)10(18)9-2-1-5-20-9/h1-2,5H,3-4,6-8H2,(H,16,19). The van der Waals surface area contributed by atoms with Crippen molar-refractivity contribution in [2.24, 2.45) is 5.41 Å². The largest absolute Gasteiger partial charge is 0.459 e. The van der Waals surface area contributed by atoms with E-state index in [0.717, 1.165) is 4.90 Å². The van der Waals surface area contributed by atoms with Crippen molar-refractivity contribution >= 4 is 11.8 Å². The molecule has 0 radical (unpaired) electrons. The summed E-state index contributed by atoms with van der Waals surface area (Å²) in [6.45, 7) is -0.298. The summed E-state index contributed by atoms with van der Waals surface area (Å²) < 4.78 is 32.8. The maximum absolute atomic E-state index is 13.9. The van der Waals surface area contributed by atoms with Crippen LogP contribution in [0.4, 0.5) is 8.78 Å². The van der Waals surface area contributed by atoms with E-state index in [1.807, 2.05) is 0 Å². The Bertz CT molecular complexity index is 544. The number of carbonyl (C=O) groups excluding carboxylic acids is 2. The minimum Gasteiger partial charge on any atom is -0.459 e. The highest BCUT2D eigenvalue weighted by Gasteiger charge is 2.55. The van der Waals surface area contributed by atoms with Crippen LogP contribution in [0, 0.1) is 5.41 Å². The second kappa shape index (κ2) is 4.29. The Morgan fingerprint density at radius 3 is 2.80 bits per heavy atom. The minimum absolute atomic E-state index is 0.00789. The first-order chi connectivity index (χ1) is 9.42. The molecule has 2 amide bonds. The molecule has 0 saturated carbocycles. The van der Waals surface area contributed by atoms with Crippen LogP contribution in [0.15, 0.2) is 22.8 Å². The fraction of sp³-hybridized carbons (Fsp3) is 0.538. The Labute approximate surface area is 113 Å². The van der Waals surface area contributed by atoms with Crippen LogP contribution in [0.25, 0.3) is 0 Å². The molecule has 7 heteroatoms. The number of piperidine rings is 1. The lowest BCUT2D eigenvalue weighted by Gasteiger charge is -2.42. The molecular formula is C13H14F2N2O3. The van der Waals surface area contributed by atoms with E-state index >= 15 is 0 Å². The van der Waals surface area contributed by atoms with Gasteiger partial charge in [0.05, 0.1) is 18.2 Å². The van der Waals surface area contributed by atoms with Crippen molar-refractivity contribution in [1.82, 2.24) is 10.2 Å². The van der Waals surface area contributed by atoms with Gasteiger partial charge in [0, 0.05) is 19.5 Å². The van der Waals surface area contributed by atoms with Gasteiger partial charge in [-0.05, 0) is 18.6 Å². The Morgan fingerprint density at radius 1 is 1.40 bits per heavy atom. The van der Waals surface area contributed by atoms with Gasteiger partial charge in [0.25, 0.3) is 11.8 Å². The van der Waals surface area contributed by atoms with Crippen LogP contribution in [-0.2, 0) is 4.79 Å². The fourth-order valence-corrected chi connectivity index (χ4v) is 3.04. The predicted octanol–water partition coefficient (Wildman–Crippen LogP) is 1.27. The van der Waals surface area contributed by atoms with E-state index < -0.39 is 36.1 Å². The molecule has 2 aliphatic rings. The van der Waals surface area contributed by atoms with Gasteiger partial charge in [0.2, 0.25) is 5.91 Å². The quantitative estimate of drug-likeness (QED) is 0.844. The number of alkyl halides is 2. The molecule has 2 saturated heterocycles. The number of amides is 2. The monoisotopic (exact) mass is 284 g/mol. The second-order valence-electron chi connectivity index (χ2n) is 5.46. The van der Waals surface area contributed by atoms with Gasteiger partial charge in [-0.15, -0.1) is 0 Å². The number of halogens is 2. The van der Waals surface area contributed by atoms with Crippen LogP contribution in [0.2, 0.25) is 0 Å². The first-order valence-corrected chi connectivity index (χ1v) is 6.41. The van der Waals surface area contributed by atoms with Gasteiger partial charge in [-0.3, -0.25) is 9.59 Å². The third-order valence-electron chi connectivity index (χ3n) is 3.90. The zero-order chi connectivity index (χ0) is 14.4. The summed E-state index contributed by atoms with van der Waals surface area (Å²) in [6, 6.07) is 2.95. The SMILES string of the molecule is O=C(c1ccco1)N1CC(F)(F)CC2(CCNC2=O)C1. The summed E-state index contributed by atoms with van der Waals surface area (Å²) in [7, 11) is 0. The highest BCUT2D eigenvalue weighted by atomic mass is 19.3. The highest BCUT2D eigenvalue weighted by molar-refractivity contribution is 5.93. The van der Waals surface area contributed by atoms with Gasteiger partial charge >= 0.3 is 0 Å². The number of furan rings is 1. The predicted molar refractivity (Wildman–Crippen MR) is 64.2 cm³/mol. The molecule has 0 aliphatic carbocycles. The number of hydrogen-bond acceptors (Lipinski definition) is 3. The van der Waals surface area contributed by atoms with Crippen molar-refractivity contribution in [3.05, 3.63) is 24.2 Å². The first-order valence-electron chi connectivity index (χ1n) is 6.41. The van der Waals surface area contributed by atoms with Crippen LogP contribution in [0.1, 0.15) is 23.4 Å². The molecule has 1 aromatic heterocycles. The van der Waals surface area contributed by atoms with E-state index in [1.165, 1.54) is 18.4 Å². The smallest absolute Gasteiger partial charge is 0.289 e. The Morgan fingerprint density at radius 2 is 2.20 bits per heavy atom. The molecule has 0 bridgehead atoms. The molecule has 3 rings (SSSR count). The Kier molecular flexibility index (Phi) is 2.81. The molecule has 5 nitrogen and oxygen atoms in total. The molecule has 0 aromatic carbocycles. The molecule has 20 heavy (non-hydrogen) atoms. The molecule has 1 N–H and O–H groups in total. The lowest BCUT2D eigenvalue weighted by Crippen LogP contribution is -2.56. The summed E-state index contributed by atoms with van der Waals surface area (Å²) in [6.07, 6.45) is 1.13. The number of rotatable bonds is 1. The molecule has 108 valence electrons. The minimum atomic E-state index is -3.07. The number of nitrogens with one attached hydrogen (secondary N) is 1. The van der Waals surface area contributed by atoms with E-state index in [9.17, 15) is 18.4 Å². The van der Waals surface area contributed by atoms with Crippen molar-refractivity contribution in [2.75, 3.05) is 19.6 Å². The summed E-state index contributed by atoms with van der Waals surface area (Å²) in [5, 5.41) is 2.58.